The molecular weight excluding hydrogens is 653 g/mol. The van der Waals surface area contributed by atoms with Crippen molar-refractivity contribution in [1.29, 1.82) is 0 Å². The molecule has 2 atom stereocenters. The van der Waals surface area contributed by atoms with Crippen molar-refractivity contribution in [1.82, 2.24) is 0 Å². The van der Waals surface area contributed by atoms with E-state index in [-0.39, 0.29) is 26.1 Å². The Bertz CT molecular complexity index is 918. The van der Waals surface area contributed by atoms with E-state index in [1.807, 2.05) is 21.1 Å². The second-order valence-corrected chi connectivity index (χ2v) is 16.1. The minimum atomic E-state index is -4.62. The van der Waals surface area contributed by atoms with Crippen LogP contribution >= 0.6 is 7.82 Å². The minimum absolute atomic E-state index is 0.0323. The highest BCUT2D eigenvalue weighted by molar-refractivity contribution is 7.45. The molecule has 0 fully saturated rings. The topological polar surface area (TPSA) is 111 Å². The van der Waals surface area contributed by atoms with Gasteiger partial charge in [-0.1, -0.05) is 122 Å². The van der Waals surface area contributed by atoms with Crippen molar-refractivity contribution in [2.24, 2.45) is 0 Å². The summed E-state index contributed by atoms with van der Waals surface area (Å²) < 4.78 is 33.7. The van der Waals surface area contributed by atoms with E-state index in [1.54, 1.807) is 0 Å². The molecule has 1 unspecified atom stereocenters. The third kappa shape index (κ3) is 36.3. The lowest BCUT2D eigenvalue weighted by molar-refractivity contribution is -0.870. The molecule has 0 aromatic carbocycles. The smallest absolute Gasteiger partial charge is 0.306 e. The first-order chi connectivity index (χ1) is 24.0. The van der Waals surface area contributed by atoms with Gasteiger partial charge < -0.3 is 27.9 Å². The molecule has 10 heteroatoms. The van der Waals surface area contributed by atoms with Gasteiger partial charge in [-0.25, -0.2) is 0 Å². The summed E-state index contributed by atoms with van der Waals surface area (Å²) >= 11 is 0. The lowest BCUT2D eigenvalue weighted by Gasteiger charge is -2.28. The number of nitrogens with zero attached hydrogens (tertiary/aromatic N) is 1. The predicted octanol–water partition coefficient (Wildman–Crippen LogP) is 10.2. The molecule has 0 bridgehead atoms. The molecule has 9 nitrogen and oxygen atoms in total. The maximum absolute atomic E-state index is 12.6. The number of carbonyl (C=O) groups excluding carboxylic acids is 2. The fourth-order valence-electron chi connectivity index (χ4n) is 5.22. The summed E-state index contributed by atoms with van der Waals surface area (Å²) in [4.78, 5) is 37.3. The summed E-state index contributed by atoms with van der Waals surface area (Å²) in [7, 11) is 1.16. The molecule has 0 amide bonds. The highest BCUT2D eigenvalue weighted by Crippen LogP contribution is 2.38. The molecule has 0 aliphatic carbocycles. The van der Waals surface area contributed by atoms with Gasteiger partial charge in [0, 0.05) is 12.8 Å². The van der Waals surface area contributed by atoms with Gasteiger partial charge in [-0.3, -0.25) is 14.2 Å². The number of rotatable bonds is 36. The van der Waals surface area contributed by atoms with E-state index in [4.69, 9.17) is 18.5 Å². The highest BCUT2D eigenvalue weighted by Gasteiger charge is 2.21. The predicted molar refractivity (Wildman–Crippen MR) is 204 cm³/mol. The Labute approximate surface area is 307 Å². The Morgan fingerprint density at radius 3 is 1.54 bits per heavy atom. The van der Waals surface area contributed by atoms with Crippen molar-refractivity contribution in [2.45, 2.75) is 174 Å². The number of likely N-dealkylation sites (N-methyl/N-ethyl adjacent to an activating group) is 1. The van der Waals surface area contributed by atoms with Crippen LogP contribution in [0.2, 0.25) is 0 Å². The highest BCUT2D eigenvalue weighted by atomic mass is 31.2. The Kier molecular flexibility index (Phi) is 32.3. The number of hydrogen-bond acceptors (Lipinski definition) is 8. The normalized spacial score (nSPS) is 14.0. The average molecular weight is 730 g/mol. The van der Waals surface area contributed by atoms with Gasteiger partial charge in [0.15, 0.2) is 6.10 Å². The van der Waals surface area contributed by atoms with Gasteiger partial charge >= 0.3 is 11.9 Å². The van der Waals surface area contributed by atoms with Crippen molar-refractivity contribution < 1.29 is 42.1 Å². The number of hydrogen-bond donors (Lipinski definition) is 0. The summed E-state index contributed by atoms with van der Waals surface area (Å²) in [6.45, 7) is 4.15. The van der Waals surface area contributed by atoms with Crippen LogP contribution in [0, 0.1) is 0 Å². The summed E-state index contributed by atoms with van der Waals surface area (Å²) in [6.07, 6.45) is 33.4. The zero-order valence-electron chi connectivity index (χ0n) is 32.8. The molecule has 0 heterocycles. The molecule has 0 aliphatic heterocycles. The Morgan fingerprint density at radius 2 is 1.04 bits per heavy atom. The number of esters is 2. The number of unbranched alkanes of at least 4 members (excludes halogenated alkanes) is 18. The molecular formula is C40H76NO8P. The van der Waals surface area contributed by atoms with Gasteiger partial charge in [0.2, 0.25) is 0 Å². The van der Waals surface area contributed by atoms with Gasteiger partial charge in [0.05, 0.1) is 27.7 Å². The minimum Gasteiger partial charge on any atom is -0.756 e. The first kappa shape index (κ1) is 48.5. The van der Waals surface area contributed by atoms with Crippen molar-refractivity contribution >= 4 is 19.8 Å². The zero-order valence-corrected chi connectivity index (χ0v) is 33.7. The van der Waals surface area contributed by atoms with Crippen LogP contribution in [0.4, 0.5) is 0 Å². The number of carbonyl (C=O) groups is 2. The van der Waals surface area contributed by atoms with Crippen molar-refractivity contribution in [2.75, 3.05) is 47.5 Å². The Hall–Kier alpha value is -1.51. The second kappa shape index (κ2) is 33.3. The molecule has 0 saturated heterocycles. The van der Waals surface area contributed by atoms with E-state index >= 15 is 0 Å². The monoisotopic (exact) mass is 730 g/mol. The van der Waals surface area contributed by atoms with Gasteiger partial charge in [-0.15, -0.1) is 0 Å². The third-order valence-electron chi connectivity index (χ3n) is 8.44. The molecule has 0 aromatic rings. The molecule has 0 rings (SSSR count). The maximum atomic E-state index is 12.6. The second-order valence-electron chi connectivity index (χ2n) is 14.6. The third-order valence-corrected chi connectivity index (χ3v) is 9.41. The number of phosphoric acid groups is 1. The standard InChI is InChI=1S/C40H76NO8P/c1-6-8-10-12-14-16-18-19-20-21-23-24-26-28-30-32-39(42)46-36-38(37-48-50(44,45)47-35-34-41(3,4)5)49-40(43)33-31-29-27-25-22-17-15-13-11-9-7-2/h13,15-16,18,38H,6-12,14,17,19-37H2,1-5H3/b15-13+,18-16+/t38-/m1/s1. The van der Waals surface area contributed by atoms with Crippen LogP contribution in [0.5, 0.6) is 0 Å². The summed E-state index contributed by atoms with van der Waals surface area (Å²) in [5, 5.41) is 0. The maximum Gasteiger partial charge on any atom is 0.306 e. The van der Waals surface area contributed by atoms with E-state index in [0.717, 1.165) is 70.6 Å². The van der Waals surface area contributed by atoms with Crippen molar-refractivity contribution in [3.8, 4) is 0 Å². The first-order valence-electron chi connectivity index (χ1n) is 20.0. The fourth-order valence-corrected chi connectivity index (χ4v) is 5.95. The van der Waals surface area contributed by atoms with Crippen LogP contribution in [0.25, 0.3) is 0 Å². The number of allylic oxidation sites excluding steroid dienone is 4. The van der Waals surface area contributed by atoms with Gasteiger partial charge in [-0.05, 0) is 57.8 Å². The lowest BCUT2D eigenvalue weighted by atomic mass is 10.1. The molecule has 0 spiro atoms. The van der Waals surface area contributed by atoms with Crippen LogP contribution in [0.15, 0.2) is 24.3 Å². The van der Waals surface area contributed by atoms with E-state index in [9.17, 15) is 19.0 Å². The molecule has 50 heavy (non-hydrogen) atoms. The van der Waals surface area contributed by atoms with Gasteiger partial charge in [0.25, 0.3) is 7.82 Å². The molecule has 0 aromatic heterocycles. The Morgan fingerprint density at radius 1 is 0.600 bits per heavy atom. The van der Waals surface area contributed by atoms with Crippen LogP contribution in [0.3, 0.4) is 0 Å². The SMILES string of the molecule is CCCC/C=C/CCCCCCCC(=O)O[C@H](COC(=O)CCCCCCCCC/C=C/CCCCCC)COP(=O)([O-])OCC[N+](C)(C)C. The van der Waals surface area contributed by atoms with Crippen LogP contribution in [0.1, 0.15) is 168 Å². The van der Waals surface area contributed by atoms with Gasteiger partial charge in [-0.2, -0.15) is 0 Å². The zero-order chi connectivity index (χ0) is 37.2. The fraction of sp³-hybridized carbons (Fsp3) is 0.850. The van der Waals surface area contributed by atoms with E-state index in [1.165, 1.54) is 64.2 Å². The van der Waals surface area contributed by atoms with E-state index < -0.39 is 32.5 Å². The average Bonchev–Trinajstić information content (AvgIpc) is 3.06. The molecule has 294 valence electrons. The Balaban J connectivity index is 4.40. The van der Waals surface area contributed by atoms with E-state index in [2.05, 4.69) is 38.2 Å². The molecule has 0 radical (unpaired) electrons. The lowest BCUT2D eigenvalue weighted by Crippen LogP contribution is -2.37. The summed E-state index contributed by atoms with van der Waals surface area (Å²) in [5.41, 5.74) is 0. The van der Waals surface area contributed by atoms with E-state index in [0.29, 0.717) is 17.4 Å². The molecule has 0 saturated carbocycles. The van der Waals surface area contributed by atoms with Crippen LogP contribution in [-0.4, -0.2) is 70.0 Å². The number of phosphoric ester groups is 1. The van der Waals surface area contributed by atoms with Crippen molar-refractivity contribution in [3.05, 3.63) is 24.3 Å². The number of quaternary nitrogens is 1. The first-order valence-corrected chi connectivity index (χ1v) is 21.5. The number of ether oxygens (including phenoxy) is 2. The summed E-state index contributed by atoms with van der Waals surface area (Å²) in [5.74, 6) is -0.851. The van der Waals surface area contributed by atoms with Crippen LogP contribution < -0.4 is 4.89 Å². The largest absolute Gasteiger partial charge is 0.756 e. The van der Waals surface area contributed by atoms with Gasteiger partial charge in [0.1, 0.15) is 19.8 Å². The van der Waals surface area contributed by atoms with Crippen LogP contribution in [-0.2, 0) is 32.7 Å². The molecule has 0 aliphatic rings. The molecule has 0 N–H and O–H groups in total. The summed E-state index contributed by atoms with van der Waals surface area (Å²) in [6, 6.07) is 0. The van der Waals surface area contributed by atoms with Crippen molar-refractivity contribution in [3.63, 3.8) is 0 Å². The quantitative estimate of drug-likeness (QED) is 0.0206.